The Morgan fingerprint density at radius 3 is 2.32 bits per heavy atom. The van der Waals surface area contributed by atoms with Crippen LogP contribution in [0.15, 0.2) is 53.3 Å². The standard InChI is InChI=1S/C24H22ClN5O/c1-3-4-7-14-29-15(2)26-22-20(24(29)31)21-23(28-19-9-6-5-8-18(19)27-21)30(22)17-12-10-16(25)11-13-17/h5-6,8-13H,3-4,7,14H2,1-2H3. The molecule has 0 bridgehead atoms. The predicted molar refractivity (Wildman–Crippen MR) is 125 cm³/mol. The van der Waals surface area contributed by atoms with E-state index in [1.165, 1.54) is 0 Å². The van der Waals surface area contributed by atoms with Crippen LogP contribution < -0.4 is 5.56 Å². The largest absolute Gasteiger partial charge is 0.296 e. The van der Waals surface area contributed by atoms with Crippen molar-refractivity contribution in [3.8, 4) is 5.69 Å². The Morgan fingerprint density at radius 1 is 0.903 bits per heavy atom. The molecule has 156 valence electrons. The molecule has 6 nitrogen and oxygen atoms in total. The lowest BCUT2D eigenvalue weighted by molar-refractivity contribution is 0.570. The van der Waals surface area contributed by atoms with Crippen LogP contribution in [0.4, 0.5) is 0 Å². The average Bonchev–Trinajstić information content (AvgIpc) is 3.08. The van der Waals surface area contributed by atoms with E-state index in [-0.39, 0.29) is 5.56 Å². The summed E-state index contributed by atoms with van der Waals surface area (Å²) in [5.41, 5.74) is 4.05. The van der Waals surface area contributed by atoms with E-state index >= 15 is 0 Å². The van der Waals surface area contributed by atoms with Crippen molar-refractivity contribution in [2.24, 2.45) is 0 Å². The van der Waals surface area contributed by atoms with Crippen LogP contribution in [0.1, 0.15) is 32.0 Å². The smallest absolute Gasteiger partial charge is 0.265 e. The SMILES string of the molecule is CCCCCn1c(C)nc2c(c1=O)c1nc3ccccc3nc1n2-c1ccc(Cl)cc1. The third-order valence-corrected chi connectivity index (χ3v) is 5.88. The first kappa shape index (κ1) is 19.7. The van der Waals surface area contributed by atoms with Crippen LogP contribution in [0.5, 0.6) is 0 Å². The van der Waals surface area contributed by atoms with Crippen molar-refractivity contribution < 1.29 is 0 Å². The van der Waals surface area contributed by atoms with Crippen molar-refractivity contribution in [1.82, 2.24) is 24.1 Å². The molecule has 0 fully saturated rings. The third kappa shape index (κ3) is 3.27. The van der Waals surface area contributed by atoms with Gasteiger partial charge in [0.2, 0.25) is 0 Å². The molecule has 0 unspecified atom stereocenters. The number of rotatable bonds is 5. The number of aromatic nitrogens is 5. The van der Waals surface area contributed by atoms with Gasteiger partial charge in [0.15, 0.2) is 11.3 Å². The van der Waals surface area contributed by atoms with Crippen molar-refractivity contribution in [3.05, 3.63) is 69.7 Å². The van der Waals surface area contributed by atoms with Crippen molar-refractivity contribution >= 4 is 44.8 Å². The van der Waals surface area contributed by atoms with Gasteiger partial charge in [-0.3, -0.25) is 13.9 Å². The molecule has 0 saturated carbocycles. The van der Waals surface area contributed by atoms with E-state index in [2.05, 4.69) is 6.92 Å². The average molecular weight is 432 g/mol. The van der Waals surface area contributed by atoms with Crippen molar-refractivity contribution in [2.45, 2.75) is 39.7 Å². The van der Waals surface area contributed by atoms with Crippen LogP contribution in [0.2, 0.25) is 5.02 Å². The summed E-state index contributed by atoms with van der Waals surface area (Å²) in [6.07, 6.45) is 3.10. The van der Waals surface area contributed by atoms with Gasteiger partial charge >= 0.3 is 0 Å². The lowest BCUT2D eigenvalue weighted by Crippen LogP contribution is -2.24. The fourth-order valence-electron chi connectivity index (χ4n) is 4.05. The highest BCUT2D eigenvalue weighted by Crippen LogP contribution is 2.29. The summed E-state index contributed by atoms with van der Waals surface area (Å²) in [7, 11) is 0. The fourth-order valence-corrected chi connectivity index (χ4v) is 4.17. The number of para-hydroxylation sites is 2. The van der Waals surface area contributed by atoms with Crippen molar-refractivity contribution in [2.75, 3.05) is 0 Å². The van der Waals surface area contributed by atoms with Crippen LogP contribution in [0.3, 0.4) is 0 Å². The molecule has 3 heterocycles. The van der Waals surface area contributed by atoms with Gasteiger partial charge in [0.05, 0.1) is 11.0 Å². The zero-order valence-electron chi connectivity index (χ0n) is 17.5. The molecule has 0 spiro atoms. The molecule has 3 aromatic heterocycles. The number of aryl methyl sites for hydroxylation is 1. The number of halogens is 1. The molecule has 7 heteroatoms. The molecule has 0 N–H and O–H groups in total. The van der Waals surface area contributed by atoms with Gasteiger partial charge in [0.25, 0.3) is 5.56 Å². The number of benzene rings is 2. The summed E-state index contributed by atoms with van der Waals surface area (Å²) in [5, 5.41) is 1.15. The Morgan fingerprint density at radius 2 is 1.61 bits per heavy atom. The molecule has 0 aliphatic rings. The molecule has 0 radical (unpaired) electrons. The zero-order chi connectivity index (χ0) is 21.5. The van der Waals surface area contributed by atoms with Crippen LogP contribution in [-0.2, 0) is 6.54 Å². The Kier molecular flexibility index (Phi) is 4.94. The quantitative estimate of drug-likeness (QED) is 0.348. The van der Waals surface area contributed by atoms with Crippen LogP contribution in [0.25, 0.3) is 38.9 Å². The second kappa shape index (κ2) is 7.78. The van der Waals surface area contributed by atoms with E-state index in [9.17, 15) is 4.79 Å². The van der Waals surface area contributed by atoms with Gasteiger partial charge < -0.3 is 0 Å². The van der Waals surface area contributed by atoms with Gasteiger partial charge in [-0.1, -0.05) is 43.5 Å². The summed E-state index contributed by atoms with van der Waals surface area (Å²) < 4.78 is 3.67. The van der Waals surface area contributed by atoms with Gasteiger partial charge in [-0.25, -0.2) is 15.0 Å². The van der Waals surface area contributed by atoms with Crippen LogP contribution >= 0.6 is 11.6 Å². The fraction of sp³-hybridized carbons (Fsp3) is 0.250. The Balaban J connectivity index is 1.90. The first-order chi connectivity index (χ1) is 15.1. The van der Waals surface area contributed by atoms with Gasteiger partial charge in [0.1, 0.15) is 16.7 Å². The molecule has 0 amide bonds. The Labute approximate surface area is 184 Å². The van der Waals surface area contributed by atoms with E-state index in [0.29, 0.717) is 39.6 Å². The highest BCUT2D eigenvalue weighted by atomic mass is 35.5. The minimum absolute atomic E-state index is 0.0686. The lowest BCUT2D eigenvalue weighted by Gasteiger charge is -2.10. The van der Waals surface area contributed by atoms with Crippen LogP contribution in [-0.4, -0.2) is 24.1 Å². The molecule has 0 aliphatic carbocycles. The topological polar surface area (TPSA) is 65.6 Å². The summed E-state index contributed by atoms with van der Waals surface area (Å²) in [5.74, 6) is 0.691. The van der Waals surface area contributed by atoms with Gasteiger partial charge in [-0.15, -0.1) is 0 Å². The van der Waals surface area contributed by atoms with E-state index < -0.39 is 0 Å². The highest BCUT2D eigenvalue weighted by Gasteiger charge is 2.22. The minimum atomic E-state index is -0.0686. The maximum atomic E-state index is 13.6. The highest BCUT2D eigenvalue weighted by molar-refractivity contribution is 6.30. The molecule has 2 aromatic carbocycles. The first-order valence-corrected chi connectivity index (χ1v) is 10.9. The van der Waals surface area contributed by atoms with Crippen LogP contribution in [0, 0.1) is 6.92 Å². The van der Waals surface area contributed by atoms with Gasteiger partial charge in [-0.05, 0) is 49.7 Å². The molecule has 5 aromatic rings. The first-order valence-electron chi connectivity index (χ1n) is 10.5. The molecular weight excluding hydrogens is 410 g/mol. The molecule has 0 atom stereocenters. The Bertz CT molecular complexity index is 1480. The Hall–Kier alpha value is -3.25. The molecule has 0 saturated heterocycles. The molecule has 0 aliphatic heterocycles. The predicted octanol–water partition coefficient (Wildman–Crippen LogP) is 5.44. The summed E-state index contributed by atoms with van der Waals surface area (Å²) in [6.45, 7) is 4.68. The maximum absolute atomic E-state index is 13.6. The van der Waals surface area contributed by atoms with E-state index in [1.54, 1.807) is 4.57 Å². The number of unbranched alkanes of at least 4 members (excludes halogenated alkanes) is 2. The summed E-state index contributed by atoms with van der Waals surface area (Å²) in [4.78, 5) is 28.2. The van der Waals surface area contributed by atoms with Crippen molar-refractivity contribution in [3.63, 3.8) is 0 Å². The maximum Gasteiger partial charge on any atom is 0.265 e. The number of hydrogen-bond donors (Lipinski definition) is 0. The second-order valence-corrected chi connectivity index (χ2v) is 8.15. The van der Waals surface area contributed by atoms with E-state index in [4.69, 9.17) is 26.6 Å². The number of fused-ring (bicyclic) bond motifs is 4. The van der Waals surface area contributed by atoms with E-state index in [0.717, 1.165) is 36.0 Å². The normalized spacial score (nSPS) is 11.7. The van der Waals surface area contributed by atoms with E-state index in [1.807, 2.05) is 60.0 Å². The van der Waals surface area contributed by atoms with Gasteiger partial charge in [0, 0.05) is 17.3 Å². The summed E-state index contributed by atoms with van der Waals surface area (Å²) in [6, 6.07) is 15.1. The molecule has 31 heavy (non-hydrogen) atoms. The van der Waals surface area contributed by atoms with Gasteiger partial charge in [-0.2, -0.15) is 0 Å². The molecular formula is C24H22ClN5O. The number of hydrogen-bond acceptors (Lipinski definition) is 4. The second-order valence-electron chi connectivity index (χ2n) is 7.72. The monoisotopic (exact) mass is 431 g/mol. The summed E-state index contributed by atoms with van der Waals surface area (Å²) >= 11 is 6.11. The third-order valence-electron chi connectivity index (χ3n) is 5.62. The number of nitrogens with zero attached hydrogens (tertiary/aromatic N) is 5. The zero-order valence-corrected chi connectivity index (χ0v) is 18.2. The lowest BCUT2D eigenvalue weighted by atomic mass is 10.2. The minimum Gasteiger partial charge on any atom is -0.296 e. The van der Waals surface area contributed by atoms with Crippen molar-refractivity contribution in [1.29, 1.82) is 0 Å². The molecule has 5 rings (SSSR count).